The van der Waals surface area contributed by atoms with E-state index in [0.717, 1.165) is 6.54 Å². The molecule has 0 spiro atoms. The highest BCUT2D eigenvalue weighted by Crippen LogP contribution is 2.07. The van der Waals surface area contributed by atoms with E-state index in [1.807, 2.05) is 17.8 Å². The molecular formula is C6H12B3BrF12N2-2. The molecule has 0 atom stereocenters. The number of hydrogen-bond acceptors (Lipinski definition) is 0. The van der Waals surface area contributed by atoms with Gasteiger partial charge in [-0.25, -0.2) is 9.13 Å². The Kier molecular flexibility index (Phi) is 17.2. The highest BCUT2D eigenvalue weighted by Gasteiger charge is 2.21. The number of rotatable bonds is 1. The Bertz CT molecular complexity index is 356. The van der Waals surface area contributed by atoms with Gasteiger partial charge in [-0.15, -0.1) is 17.0 Å². The first kappa shape index (κ1) is 30.9. The van der Waals surface area contributed by atoms with Gasteiger partial charge in [-0.1, -0.05) is 0 Å². The molecule has 0 bridgehead atoms. The van der Waals surface area contributed by atoms with Crippen LogP contribution < -0.4 is 4.57 Å². The number of aryl methyl sites for hydroxylation is 2. The maximum atomic E-state index is 9.75. The van der Waals surface area contributed by atoms with Crippen molar-refractivity contribution in [3.8, 4) is 0 Å². The van der Waals surface area contributed by atoms with E-state index in [1.54, 1.807) is 0 Å². The van der Waals surface area contributed by atoms with Crippen LogP contribution in [0.1, 0.15) is 6.92 Å². The van der Waals surface area contributed by atoms with Crippen molar-refractivity contribution in [1.82, 2.24) is 4.57 Å². The maximum absolute atomic E-state index is 9.75. The third-order valence-electron chi connectivity index (χ3n) is 1.19. The lowest BCUT2D eigenvalue weighted by molar-refractivity contribution is -0.671. The van der Waals surface area contributed by atoms with Crippen LogP contribution in [0.15, 0.2) is 18.7 Å². The summed E-state index contributed by atoms with van der Waals surface area (Å²) in [7, 11) is -16.0. The molecule has 0 saturated carbocycles. The summed E-state index contributed by atoms with van der Waals surface area (Å²) in [6.45, 7) is 3.18. The Labute approximate surface area is 139 Å². The maximum Gasteiger partial charge on any atom is 0.673 e. The Balaban J connectivity index is -0.000000113. The molecule has 148 valence electrons. The molecule has 1 aromatic heterocycles. The standard InChI is InChI=1S/C6H11N2.3BF4.BrH/c1-3-8-5-4-7(2)6-8;3*2-1(3,4)5;/h4-6H,3H2,1-2H3;;;;1H/q+1;3*-1;. The molecule has 1 rings (SSSR count). The minimum Gasteiger partial charge on any atom is -0.418 e. The summed E-state index contributed by atoms with van der Waals surface area (Å²) in [6.07, 6.45) is 6.14. The molecule has 0 aromatic carbocycles. The van der Waals surface area contributed by atoms with Crippen molar-refractivity contribution >= 4 is 38.7 Å². The smallest absolute Gasteiger partial charge is 0.418 e. The summed E-state index contributed by atoms with van der Waals surface area (Å²) in [5, 5.41) is 0. The van der Waals surface area contributed by atoms with Crippen LogP contribution in [0.3, 0.4) is 0 Å². The first-order chi connectivity index (χ1) is 9.83. The second-order valence-corrected chi connectivity index (χ2v) is 3.39. The van der Waals surface area contributed by atoms with Crippen LogP contribution in [0, 0.1) is 0 Å². The van der Waals surface area contributed by atoms with Crippen molar-refractivity contribution in [2.45, 2.75) is 13.5 Å². The lowest BCUT2D eigenvalue weighted by Crippen LogP contribution is -2.23. The molecule has 0 fully saturated rings. The second kappa shape index (κ2) is 13.3. The topological polar surface area (TPSA) is 8.81 Å². The lowest BCUT2D eigenvalue weighted by atomic mass is 10.3. The summed E-state index contributed by atoms with van der Waals surface area (Å²) >= 11 is 0. The summed E-state index contributed by atoms with van der Waals surface area (Å²) < 4.78 is 121. The van der Waals surface area contributed by atoms with Gasteiger partial charge in [0.1, 0.15) is 12.4 Å². The summed E-state index contributed by atoms with van der Waals surface area (Å²) in [5.74, 6) is 0. The predicted molar refractivity (Wildman–Crippen MR) is 72.2 cm³/mol. The van der Waals surface area contributed by atoms with Crippen LogP contribution in [0.2, 0.25) is 0 Å². The van der Waals surface area contributed by atoms with E-state index in [1.165, 1.54) is 0 Å². The molecule has 1 aromatic rings. The van der Waals surface area contributed by atoms with Crippen molar-refractivity contribution in [3.05, 3.63) is 18.7 Å². The van der Waals surface area contributed by atoms with Gasteiger partial charge in [-0.3, -0.25) is 0 Å². The van der Waals surface area contributed by atoms with E-state index in [4.69, 9.17) is 0 Å². The number of halogens is 13. The zero-order chi connectivity index (χ0) is 19.5. The Morgan fingerprint density at radius 2 is 1.00 bits per heavy atom. The minimum atomic E-state index is -6.00. The van der Waals surface area contributed by atoms with Gasteiger partial charge in [-0.05, 0) is 6.92 Å². The molecule has 0 N–H and O–H groups in total. The summed E-state index contributed by atoms with van der Waals surface area (Å²) in [6, 6.07) is 0. The summed E-state index contributed by atoms with van der Waals surface area (Å²) in [4.78, 5) is 0. The lowest BCUT2D eigenvalue weighted by Gasteiger charge is -1.94. The number of nitrogens with zero attached hydrogens (tertiary/aromatic N) is 2. The number of hydrogen-bond donors (Lipinski definition) is 0. The average molecular weight is 452 g/mol. The molecule has 0 aliphatic rings. The van der Waals surface area contributed by atoms with Crippen molar-refractivity contribution in [1.29, 1.82) is 0 Å². The molecule has 24 heavy (non-hydrogen) atoms. The Morgan fingerprint density at radius 1 is 0.750 bits per heavy atom. The fourth-order valence-corrected chi connectivity index (χ4v) is 0.689. The van der Waals surface area contributed by atoms with E-state index >= 15 is 0 Å². The fraction of sp³-hybridized carbons (Fsp3) is 0.500. The molecule has 0 aliphatic heterocycles. The fourth-order valence-electron chi connectivity index (χ4n) is 0.689. The van der Waals surface area contributed by atoms with Crippen LogP contribution in [-0.4, -0.2) is 26.3 Å². The van der Waals surface area contributed by atoms with E-state index in [0.29, 0.717) is 0 Å². The van der Waals surface area contributed by atoms with Gasteiger partial charge in [-0.2, -0.15) is 0 Å². The molecule has 2 nitrogen and oxygen atoms in total. The van der Waals surface area contributed by atoms with Crippen molar-refractivity contribution in [3.63, 3.8) is 0 Å². The second-order valence-electron chi connectivity index (χ2n) is 3.39. The van der Waals surface area contributed by atoms with Crippen molar-refractivity contribution in [2.75, 3.05) is 0 Å². The largest absolute Gasteiger partial charge is 0.673 e. The number of imidazole rings is 1. The molecular weight excluding hydrogens is 440 g/mol. The first-order valence-electron chi connectivity index (χ1n) is 5.46. The first-order valence-corrected chi connectivity index (χ1v) is 5.46. The Hall–Kier alpha value is -0.955. The van der Waals surface area contributed by atoms with Crippen LogP contribution in [0.4, 0.5) is 51.8 Å². The van der Waals surface area contributed by atoms with E-state index < -0.39 is 21.8 Å². The van der Waals surface area contributed by atoms with Gasteiger partial charge >= 0.3 is 21.8 Å². The number of aromatic nitrogens is 2. The monoisotopic (exact) mass is 452 g/mol. The zero-order valence-corrected chi connectivity index (χ0v) is 13.7. The van der Waals surface area contributed by atoms with Gasteiger partial charge in [0.15, 0.2) is 0 Å². The highest BCUT2D eigenvalue weighted by molar-refractivity contribution is 8.93. The molecule has 0 unspecified atom stereocenters. The average Bonchev–Trinajstić information content (AvgIpc) is 2.56. The Morgan fingerprint density at radius 3 is 1.08 bits per heavy atom. The van der Waals surface area contributed by atoms with Crippen LogP contribution in [-0.2, 0) is 13.6 Å². The van der Waals surface area contributed by atoms with Gasteiger partial charge < -0.3 is 51.8 Å². The van der Waals surface area contributed by atoms with Gasteiger partial charge in [0.25, 0.3) is 0 Å². The molecule has 0 radical (unpaired) electrons. The van der Waals surface area contributed by atoms with E-state index in [-0.39, 0.29) is 17.0 Å². The minimum absolute atomic E-state index is 0. The van der Waals surface area contributed by atoms with Crippen molar-refractivity contribution in [2.24, 2.45) is 7.05 Å². The normalized spacial score (nSPS) is 10.8. The molecule has 0 aliphatic carbocycles. The predicted octanol–water partition coefficient (Wildman–Crippen LogP) is 4.81. The SMILES string of the molecule is Br.CCn1cc[n+](C)c1.F[B-](F)(F)F.F[B-](F)(F)F.F[B-](F)(F)F. The summed E-state index contributed by atoms with van der Waals surface area (Å²) in [5.41, 5.74) is 0. The zero-order valence-electron chi connectivity index (χ0n) is 12.0. The van der Waals surface area contributed by atoms with Crippen molar-refractivity contribution < 1.29 is 56.4 Å². The molecule has 1 heterocycles. The molecule has 0 amide bonds. The van der Waals surface area contributed by atoms with Crippen LogP contribution >= 0.6 is 17.0 Å². The van der Waals surface area contributed by atoms with Crippen LogP contribution in [0.25, 0.3) is 0 Å². The molecule has 0 saturated heterocycles. The van der Waals surface area contributed by atoms with E-state index in [2.05, 4.69) is 24.0 Å². The van der Waals surface area contributed by atoms with Crippen LogP contribution in [0.5, 0.6) is 0 Å². The van der Waals surface area contributed by atoms with E-state index in [9.17, 15) is 51.8 Å². The third kappa shape index (κ3) is 83.8. The third-order valence-corrected chi connectivity index (χ3v) is 1.19. The molecule has 18 heteroatoms. The van der Waals surface area contributed by atoms with Gasteiger partial charge in [0.2, 0.25) is 6.33 Å². The van der Waals surface area contributed by atoms with Gasteiger partial charge in [0, 0.05) is 0 Å². The quantitative estimate of drug-likeness (QED) is 0.329. The van der Waals surface area contributed by atoms with Gasteiger partial charge in [0.05, 0.1) is 13.6 Å². The highest BCUT2D eigenvalue weighted by atomic mass is 79.9.